The number of carbonyl (C=O) groups is 2. The SMILES string of the molecule is O=C(O)C1C[C@@H](C(=O)Oc2cccc(-c3ccc4c(c3)OCCO4)c2)[C@@H]1c1ccccc1. The number of benzene rings is 3. The lowest BCUT2D eigenvalue weighted by atomic mass is 9.62. The molecule has 1 heterocycles. The normalized spacial score (nSPS) is 21.3. The maximum absolute atomic E-state index is 12.9. The minimum atomic E-state index is -0.886. The maximum Gasteiger partial charge on any atom is 0.315 e. The molecule has 0 amide bonds. The highest BCUT2D eigenvalue weighted by Gasteiger charge is 2.50. The van der Waals surface area contributed by atoms with E-state index in [1.165, 1.54) is 0 Å². The summed E-state index contributed by atoms with van der Waals surface area (Å²) in [5, 5.41) is 9.53. The molecule has 6 heteroatoms. The van der Waals surface area contributed by atoms with Crippen LogP contribution in [0.15, 0.2) is 72.8 Å². The van der Waals surface area contributed by atoms with Crippen LogP contribution < -0.4 is 14.2 Å². The van der Waals surface area contributed by atoms with Crippen LogP contribution in [0, 0.1) is 11.8 Å². The lowest BCUT2D eigenvalue weighted by molar-refractivity contribution is -0.155. The van der Waals surface area contributed by atoms with E-state index in [0.717, 1.165) is 16.7 Å². The molecule has 1 N–H and O–H groups in total. The molecule has 0 spiro atoms. The number of ether oxygens (including phenoxy) is 3. The first-order chi connectivity index (χ1) is 15.6. The van der Waals surface area contributed by atoms with Crippen LogP contribution in [0.2, 0.25) is 0 Å². The maximum atomic E-state index is 12.9. The predicted molar refractivity (Wildman–Crippen MR) is 117 cm³/mol. The van der Waals surface area contributed by atoms with Gasteiger partial charge in [-0.25, -0.2) is 0 Å². The molecule has 32 heavy (non-hydrogen) atoms. The minimum absolute atomic E-state index is 0.273. The molecule has 1 fully saturated rings. The number of rotatable bonds is 5. The Bertz CT molecular complexity index is 1160. The van der Waals surface area contributed by atoms with Gasteiger partial charge in [-0.2, -0.15) is 0 Å². The molecule has 3 atom stereocenters. The number of fused-ring (bicyclic) bond motifs is 1. The van der Waals surface area contributed by atoms with Crippen molar-refractivity contribution in [3.63, 3.8) is 0 Å². The Morgan fingerprint density at radius 2 is 1.56 bits per heavy atom. The van der Waals surface area contributed by atoms with Gasteiger partial charge in [-0.3, -0.25) is 9.59 Å². The summed E-state index contributed by atoms with van der Waals surface area (Å²) in [5.41, 5.74) is 2.64. The molecule has 3 aromatic carbocycles. The van der Waals surface area contributed by atoms with Crippen molar-refractivity contribution in [1.29, 1.82) is 0 Å². The van der Waals surface area contributed by atoms with E-state index < -0.39 is 23.8 Å². The third kappa shape index (κ3) is 3.80. The number of carboxylic acid groups (broad SMARTS) is 1. The molecule has 0 saturated heterocycles. The van der Waals surface area contributed by atoms with Crippen LogP contribution >= 0.6 is 0 Å². The number of carboxylic acids is 1. The van der Waals surface area contributed by atoms with Crippen molar-refractivity contribution in [2.75, 3.05) is 13.2 Å². The minimum Gasteiger partial charge on any atom is -0.486 e. The highest BCUT2D eigenvalue weighted by Crippen LogP contribution is 2.48. The number of aliphatic carboxylic acids is 1. The van der Waals surface area contributed by atoms with Crippen LogP contribution in [0.3, 0.4) is 0 Å². The van der Waals surface area contributed by atoms with Gasteiger partial charge in [0.05, 0.1) is 11.8 Å². The quantitative estimate of drug-likeness (QED) is 0.473. The third-order valence-corrected chi connectivity index (χ3v) is 6.11. The van der Waals surface area contributed by atoms with E-state index in [9.17, 15) is 14.7 Å². The van der Waals surface area contributed by atoms with Gasteiger partial charge >= 0.3 is 11.9 Å². The first-order valence-corrected chi connectivity index (χ1v) is 10.6. The van der Waals surface area contributed by atoms with E-state index >= 15 is 0 Å². The highest BCUT2D eigenvalue weighted by molar-refractivity contribution is 5.83. The van der Waals surface area contributed by atoms with Crippen molar-refractivity contribution in [2.24, 2.45) is 11.8 Å². The van der Waals surface area contributed by atoms with Gasteiger partial charge in [0.15, 0.2) is 11.5 Å². The number of hydrogen-bond acceptors (Lipinski definition) is 5. The van der Waals surface area contributed by atoms with Crippen LogP contribution in [0.4, 0.5) is 0 Å². The molecule has 6 nitrogen and oxygen atoms in total. The summed E-state index contributed by atoms with van der Waals surface area (Å²) < 4.78 is 16.9. The van der Waals surface area contributed by atoms with Gasteiger partial charge in [0.1, 0.15) is 19.0 Å². The molecule has 5 rings (SSSR count). The van der Waals surface area contributed by atoms with Crippen molar-refractivity contribution in [2.45, 2.75) is 12.3 Å². The van der Waals surface area contributed by atoms with Gasteiger partial charge in [-0.05, 0) is 47.4 Å². The fraction of sp³-hybridized carbons (Fsp3) is 0.231. The summed E-state index contributed by atoms with van der Waals surface area (Å²) in [5.74, 6) is -0.923. The Morgan fingerprint density at radius 1 is 0.812 bits per heavy atom. The van der Waals surface area contributed by atoms with Gasteiger partial charge in [0, 0.05) is 5.92 Å². The molecule has 1 unspecified atom stereocenters. The zero-order valence-corrected chi connectivity index (χ0v) is 17.3. The zero-order chi connectivity index (χ0) is 22.1. The second-order valence-electron chi connectivity index (χ2n) is 8.03. The standard InChI is InChI=1S/C26H22O6/c27-25(28)20-15-21(24(20)16-5-2-1-3-6-16)26(29)32-19-8-4-7-17(13-19)18-9-10-22-23(14-18)31-12-11-30-22/h1-10,13-14,20-21,24H,11-12,15H2,(H,27,28)/t20?,21-,24-/m1/s1. The number of hydrogen-bond donors (Lipinski definition) is 1. The van der Waals surface area contributed by atoms with Crippen LogP contribution in [0.25, 0.3) is 11.1 Å². The molecule has 162 valence electrons. The zero-order valence-electron chi connectivity index (χ0n) is 17.3. The van der Waals surface area contributed by atoms with Crippen molar-refractivity contribution in [3.05, 3.63) is 78.4 Å². The Balaban J connectivity index is 1.34. The average molecular weight is 430 g/mol. The number of carbonyl (C=O) groups excluding carboxylic acids is 1. The van der Waals surface area contributed by atoms with Crippen molar-refractivity contribution in [3.8, 4) is 28.4 Å². The molecule has 2 aliphatic rings. The van der Waals surface area contributed by atoms with Crippen molar-refractivity contribution >= 4 is 11.9 Å². The van der Waals surface area contributed by atoms with E-state index in [-0.39, 0.29) is 12.3 Å². The second-order valence-corrected chi connectivity index (χ2v) is 8.03. The smallest absolute Gasteiger partial charge is 0.315 e. The summed E-state index contributed by atoms with van der Waals surface area (Å²) in [6.45, 7) is 1.04. The molecule has 0 bridgehead atoms. The fourth-order valence-electron chi connectivity index (χ4n) is 4.44. The van der Waals surface area contributed by atoms with Crippen molar-refractivity contribution < 1.29 is 28.9 Å². The van der Waals surface area contributed by atoms with Crippen molar-refractivity contribution in [1.82, 2.24) is 0 Å². The fourth-order valence-corrected chi connectivity index (χ4v) is 4.44. The summed E-state index contributed by atoms with van der Waals surface area (Å²) >= 11 is 0. The first-order valence-electron chi connectivity index (χ1n) is 10.6. The average Bonchev–Trinajstić information content (AvgIpc) is 2.79. The molecule has 3 aromatic rings. The Kier molecular flexibility index (Phi) is 5.27. The molecule has 1 aliphatic carbocycles. The Labute approximate surface area is 185 Å². The summed E-state index contributed by atoms with van der Waals surface area (Å²) in [4.78, 5) is 24.6. The Morgan fingerprint density at radius 3 is 2.34 bits per heavy atom. The van der Waals surface area contributed by atoms with E-state index in [1.807, 2.05) is 60.7 Å². The largest absolute Gasteiger partial charge is 0.486 e. The molecule has 0 aromatic heterocycles. The van der Waals surface area contributed by atoms with Crippen LogP contribution in [-0.2, 0) is 9.59 Å². The van der Waals surface area contributed by atoms with E-state index in [2.05, 4.69) is 0 Å². The van der Waals surface area contributed by atoms with E-state index in [0.29, 0.717) is 30.5 Å². The lowest BCUT2D eigenvalue weighted by Gasteiger charge is -2.40. The van der Waals surface area contributed by atoms with Gasteiger partial charge in [-0.1, -0.05) is 48.5 Å². The first kappa shape index (κ1) is 20.1. The van der Waals surface area contributed by atoms with Gasteiger partial charge < -0.3 is 19.3 Å². The van der Waals surface area contributed by atoms with Gasteiger partial charge in [0.25, 0.3) is 0 Å². The van der Waals surface area contributed by atoms with E-state index in [1.54, 1.807) is 12.1 Å². The molecular formula is C26H22O6. The topological polar surface area (TPSA) is 82.1 Å². The molecule has 0 radical (unpaired) electrons. The van der Waals surface area contributed by atoms with Crippen LogP contribution in [0.5, 0.6) is 17.2 Å². The molecular weight excluding hydrogens is 408 g/mol. The van der Waals surface area contributed by atoms with Gasteiger partial charge in [-0.15, -0.1) is 0 Å². The van der Waals surface area contributed by atoms with Crippen LogP contribution in [-0.4, -0.2) is 30.3 Å². The molecule has 1 aliphatic heterocycles. The Hall–Kier alpha value is -3.80. The van der Waals surface area contributed by atoms with E-state index in [4.69, 9.17) is 14.2 Å². The van der Waals surface area contributed by atoms with Gasteiger partial charge in [0.2, 0.25) is 0 Å². The lowest BCUT2D eigenvalue weighted by Crippen LogP contribution is -2.45. The monoisotopic (exact) mass is 430 g/mol. The number of esters is 1. The summed E-state index contributed by atoms with van der Waals surface area (Å²) in [7, 11) is 0. The summed E-state index contributed by atoms with van der Waals surface area (Å²) in [6, 6.07) is 22.3. The highest BCUT2D eigenvalue weighted by atomic mass is 16.6. The molecule has 1 saturated carbocycles. The summed E-state index contributed by atoms with van der Waals surface area (Å²) in [6.07, 6.45) is 0.273. The van der Waals surface area contributed by atoms with Crippen LogP contribution in [0.1, 0.15) is 17.9 Å². The second kappa shape index (κ2) is 8.38. The predicted octanol–water partition coefficient (Wildman–Crippen LogP) is 4.53. The third-order valence-electron chi connectivity index (χ3n) is 6.11.